The van der Waals surface area contributed by atoms with Gasteiger partial charge in [-0.25, -0.2) is 9.78 Å². The fourth-order valence-electron chi connectivity index (χ4n) is 4.28. The Balaban J connectivity index is 1.41. The van der Waals surface area contributed by atoms with Gasteiger partial charge < -0.3 is 19.7 Å². The first-order valence-electron chi connectivity index (χ1n) is 11.5. The van der Waals surface area contributed by atoms with Gasteiger partial charge in [0.05, 0.1) is 17.6 Å². The van der Waals surface area contributed by atoms with E-state index >= 15 is 0 Å². The molecule has 0 radical (unpaired) electrons. The summed E-state index contributed by atoms with van der Waals surface area (Å²) in [5.41, 5.74) is 4.22. The van der Waals surface area contributed by atoms with Gasteiger partial charge in [0.1, 0.15) is 5.82 Å². The molecular weight excluding hydrogens is 452 g/mol. The number of anilines is 1. The zero-order chi connectivity index (χ0) is 24.4. The van der Waals surface area contributed by atoms with Crippen LogP contribution in [-0.2, 0) is 13.1 Å². The van der Waals surface area contributed by atoms with Gasteiger partial charge in [-0.05, 0) is 49.7 Å². The number of fused-ring (bicyclic) bond motifs is 1. The molecule has 1 aliphatic heterocycles. The van der Waals surface area contributed by atoms with Crippen LogP contribution in [0, 0.1) is 6.92 Å². The summed E-state index contributed by atoms with van der Waals surface area (Å²) in [6, 6.07) is 11.1. The van der Waals surface area contributed by atoms with Crippen LogP contribution in [0.4, 0.5) is 10.5 Å². The predicted octanol–water partition coefficient (Wildman–Crippen LogP) is 4.07. The topological polar surface area (TPSA) is 73.7 Å². The number of carbonyl (C=O) groups is 2. The molecule has 0 saturated carbocycles. The van der Waals surface area contributed by atoms with E-state index in [9.17, 15) is 9.59 Å². The van der Waals surface area contributed by atoms with Crippen LogP contribution in [-0.4, -0.2) is 76.5 Å². The molecule has 1 fully saturated rings. The Labute approximate surface area is 205 Å². The number of nitrogens with zero attached hydrogens (tertiary/aromatic N) is 5. The first-order chi connectivity index (χ1) is 16.3. The average molecular weight is 483 g/mol. The number of rotatable bonds is 5. The largest absolute Gasteiger partial charge is 0.345 e. The maximum atomic E-state index is 12.8. The van der Waals surface area contributed by atoms with Crippen molar-refractivity contribution in [2.24, 2.45) is 0 Å². The van der Waals surface area contributed by atoms with Crippen LogP contribution in [0.3, 0.4) is 0 Å². The van der Waals surface area contributed by atoms with E-state index in [1.807, 2.05) is 42.2 Å². The summed E-state index contributed by atoms with van der Waals surface area (Å²) in [4.78, 5) is 35.7. The third-order valence-electron chi connectivity index (χ3n) is 6.26. The molecule has 2 aromatic carbocycles. The fraction of sp³-hybridized carbons (Fsp3) is 0.400. The SMILES string of the molecule is CCn1c(CN2CCN(C(=O)Nc3cc(Cl)ccc3C)CC2)nc2cc(C(=O)N(C)C)ccc21. The smallest absolute Gasteiger partial charge is 0.321 e. The molecule has 8 nitrogen and oxygen atoms in total. The Bertz CT molecular complexity index is 1210. The Morgan fingerprint density at radius 1 is 1.09 bits per heavy atom. The molecular formula is C25H31ClN6O2. The van der Waals surface area contributed by atoms with Crippen molar-refractivity contribution in [3.8, 4) is 0 Å². The molecule has 0 bridgehead atoms. The van der Waals surface area contributed by atoms with Gasteiger partial charge in [0.25, 0.3) is 5.91 Å². The Morgan fingerprint density at radius 3 is 2.50 bits per heavy atom. The van der Waals surface area contributed by atoms with Crippen LogP contribution >= 0.6 is 11.6 Å². The van der Waals surface area contributed by atoms with Crippen molar-refractivity contribution in [3.05, 3.63) is 58.4 Å². The van der Waals surface area contributed by atoms with Crippen molar-refractivity contribution in [1.29, 1.82) is 0 Å². The van der Waals surface area contributed by atoms with E-state index in [1.165, 1.54) is 0 Å². The molecule has 0 spiro atoms. The predicted molar refractivity (Wildman–Crippen MR) is 135 cm³/mol. The molecule has 1 aromatic heterocycles. The van der Waals surface area contributed by atoms with Crippen LogP contribution in [0.1, 0.15) is 28.7 Å². The number of halogens is 1. The lowest BCUT2D eigenvalue weighted by Gasteiger charge is -2.34. The summed E-state index contributed by atoms with van der Waals surface area (Å²) in [6.45, 7) is 8.35. The van der Waals surface area contributed by atoms with Crippen LogP contribution in [0.25, 0.3) is 11.0 Å². The second-order valence-electron chi connectivity index (χ2n) is 8.83. The van der Waals surface area contributed by atoms with E-state index in [2.05, 4.69) is 21.7 Å². The van der Waals surface area contributed by atoms with Gasteiger partial charge in [-0.2, -0.15) is 0 Å². The number of amides is 3. The van der Waals surface area contributed by atoms with Crippen molar-refractivity contribution in [2.75, 3.05) is 45.6 Å². The minimum Gasteiger partial charge on any atom is -0.345 e. The maximum Gasteiger partial charge on any atom is 0.321 e. The molecule has 1 N–H and O–H groups in total. The number of piperazine rings is 1. The summed E-state index contributed by atoms with van der Waals surface area (Å²) in [6.07, 6.45) is 0. The number of aryl methyl sites for hydroxylation is 2. The number of urea groups is 1. The van der Waals surface area contributed by atoms with Crippen molar-refractivity contribution in [1.82, 2.24) is 24.3 Å². The molecule has 34 heavy (non-hydrogen) atoms. The third-order valence-corrected chi connectivity index (χ3v) is 6.50. The molecule has 180 valence electrons. The van der Waals surface area contributed by atoms with Crippen molar-refractivity contribution < 1.29 is 9.59 Å². The van der Waals surface area contributed by atoms with E-state index in [0.29, 0.717) is 30.2 Å². The Hall–Kier alpha value is -3.10. The van der Waals surface area contributed by atoms with E-state index in [1.54, 1.807) is 25.1 Å². The van der Waals surface area contributed by atoms with Crippen LogP contribution in [0.2, 0.25) is 5.02 Å². The second-order valence-corrected chi connectivity index (χ2v) is 9.26. The molecule has 0 atom stereocenters. The minimum atomic E-state index is -0.107. The number of imidazole rings is 1. The lowest BCUT2D eigenvalue weighted by Crippen LogP contribution is -2.49. The Morgan fingerprint density at radius 2 is 1.82 bits per heavy atom. The highest BCUT2D eigenvalue weighted by molar-refractivity contribution is 6.31. The highest BCUT2D eigenvalue weighted by Crippen LogP contribution is 2.22. The lowest BCUT2D eigenvalue weighted by atomic mass is 10.2. The fourth-order valence-corrected chi connectivity index (χ4v) is 4.45. The van der Waals surface area contributed by atoms with E-state index in [0.717, 1.165) is 47.7 Å². The molecule has 0 unspecified atom stereocenters. The highest BCUT2D eigenvalue weighted by Gasteiger charge is 2.23. The van der Waals surface area contributed by atoms with E-state index < -0.39 is 0 Å². The van der Waals surface area contributed by atoms with Gasteiger partial charge in [0, 0.05) is 63.1 Å². The quantitative estimate of drug-likeness (QED) is 0.595. The first-order valence-corrected chi connectivity index (χ1v) is 11.9. The molecule has 1 aliphatic rings. The molecule has 9 heteroatoms. The maximum absolute atomic E-state index is 12.8. The van der Waals surface area contributed by atoms with Crippen molar-refractivity contribution >= 4 is 40.3 Å². The molecule has 2 heterocycles. The van der Waals surface area contributed by atoms with Gasteiger partial charge in [-0.3, -0.25) is 9.69 Å². The van der Waals surface area contributed by atoms with Crippen LogP contribution in [0.5, 0.6) is 0 Å². The van der Waals surface area contributed by atoms with Gasteiger partial charge in [-0.15, -0.1) is 0 Å². The molecule has 0 aliphatic carbocycles. The number of hydrogen-bond acceptors (Lipinski definition) is 4. The van der Waals surface area contributed by atoms with Gasteiger partial charge >= 0.3 is 6.03 Å². The zero-order valence-corrected chi connectivity index (χ0v) is 20.9. The monoisotopic (exact) mass is 482 g/mol. The minimum absolute atomic E-state index is 0.0307. The number of nitrogens with one attached hydrogen (secondary N) is 1. The van der Waals surface area contributed by atoms with Gasteiger partial charge in [0.15, 0.2) is 0 Å². The zero-order valence-electron chi connectivity index (χ0n) is 20.1. The number of benzene rings is 2. The van der Waals surface area contributed by atoms with Crippen molar-refractivity contribution in [2.45, 2.75) is 26.9 Å². The number of hydrogen-bond donors (Lipinski definition) is 1. The summed E-state index contributed by atoms with van der Waals surface area (Å²) < 4.78 is 2.19. The summed E-state index contributed by atoms with van der Waals surface area (Å²) in [5, 5.41) is 3.58. The molecule has 3 aromatic rings. The van der Waals surface area contributed by atoms with Gasteiger partial charge in [-0.1, -0.05) is 17.7 Å². The van der Waals surface area contributed by atoms with Gasteiger partial charge in [0.2, 0.25) is 0 Å². The highest BCUT2D eigenvalue weighted by atomic mass is 35.5. The molecule has 4 rings (SSSR count). The standard InChI is InChI=1S/C25H31ClN6O2/c1-5-32-22-9-7-18(24(33)29(3)4)14-21(22)27-23(32)16-30-10-12-31(13-11-30)25(34)28-20-15-19(26)8-6-17(20)2/h6-9,14-15H,5,10-13,16H2,1-4H3,(H,28,34). The third kappa shape index (κ3) is 5.03. The second kappa shape index (κ2) is 10.0. The van der Waals surface area contributed by atoms with Crippen LogP contribution < -0.4 is 5.32 Å². The normalized spacial score (nSPS) is 14.4. The van der Waals surface area contributed by atoms with E-state index in [4.69, 9.17) is 16.6 Å². The van der Waals surface area contributed by atoms with Crippen molar-refractivity contribution in [3.63, 3.8) is 0 Å². The first kappa shape index (κ1) is 24.0. The number of carbonyl (C=O) groups excluding carboxylic acids is 2. The average Bonchev–Trinajstić information content (AvgIpc) is 3.17. The summed E-state index contributed by atoms with van der Waals surface area (Å²) in [7, 11) is 3.50. The summed E-state index contributed by atoms with van der Waals surface area (Å²) >= 11 is 6.08. The molecule has 3 amide bonds. The molecule has 1 saturated heterocycles. The summed E-state index contributed by atoms with van der Waals surface area (Å²) in [5.74, 6) is 0.941. The van der Waals surface area contributed by atoms with E-state index in [-0.39, 0.29) is 11.9 Å². The lowest BCUT2D eigenvalue weighted by molar-refractivity contribution is 0.0827. The Kier molecular flexibility index (Phi) is 7.09. The number of aromatic nitrogens is 2. The van der Waals surface area contributed by atoms with Crippen LogP contribution in [0.15, 0.2) is 36.4 Å².